The van der Waals surface area contributed by atoms with Gasteiger partial charge in [0, 0.05) is 78.5 Å². The minimum Gasteiger partial charge on any atom is -0.368 e. The van der Waals surface area contributed by atoms with Crippen LogP contribution in [0.3, 0.4) is 0 Å². The standard InChI is InChI=1S/C25H23ClN4.C25H23FN4/c2*26-21-8-6-19(7-9-21)24-17-30-25(15-23(24)20-10-12-28-13-11-20)29-16-22(27)14-18-4-2-1-3-5-18/h2*1-13,15,17,22H,14,16,27H2,(H,29,30)/t2*22-/m00/s1. The highest BCUT2D eigenvalue weighted by Gasteiger charge is 2.13. The van der Waals surface area contributed by atoms with E-state index in [1.807, 2.05) is 103 Å². The van der Waals surface area contributed by atoms with Crippen LogP contribution in [-0.4, -0.2) is 45.1 Å². The summed E-state index contributed by atoms with van der Waals surface area (Å²) < 4.78 is 13.4. The van der Waals surface area contributed by atoms with Crippen molar-refractivity contribution in [3.8, 4) is 44.5 Å². The van der Waals surface area contributed by atoms with Crippen molar-refractivity contribution in [3.63, 3.8) is 0 Å². The van der Waals surface area contributed by atoms with Gasteiger partial charge in [-0.2, -0.15) is 0 Å². The normalized spacial score (nSPS) is 11.8. The number of halogens is 2. The molecule has 300 valence electrons. The molecular formula is C50H46ClFN8. The molecule has 8 nitrogen and oxygen atoms in total. The zero-order chi connectivity index (χ0) is 41.5. The van der Waals surface area contributed by atoms with Crippen LogP contribution in [0.1, 0.15) is 11.1 Å². The van der Waals surface area contributed by atoms with Crippen molar-refractivity contribution in [1.82, 2.24) is 19.9 Å². The summed E-state index contributed by atoms with van der Waals surface area (Å²) in [6.07, 6.45) is 12.4. The fourth-order valence-electron chi connectivity index (χ4n) is 6.81. The molecule has 0 bridgehead atoms. The van der Waals surface area contributed by atoms with Gasteiger partial charge in [0.05, 0.1) is 0 Å². The zero-order valence-corrected chi connectivity index (χ0v) is 33.8. The first-order valence-corrected chi connectivity index (χ1v) is 20.2. The van der Waals surface area contributed by atoms with Gasteiger partial charge in [-0.3, -0.25) is 9.97 Å². The molecule has 0 aliphatic carbocycles. The molecule has 0 aliphatic rings. The third-order valence-electron chi connectivity index (χ3n) is 9.87. The number of anilines is 2. The second kappa shape index (κ2) is 20.8. The van der Waals surface area contributed by atoms with Crippen LogP contribution in [-0.2, 0) is 12.8 Å². The number of nitrogens with one attached hydrogen (secondary N) is 2. The molecule has 0 fully saturated rings. The third-order valence-corrected chi connectivity index (χ3v) is 10.1. The molecule has 0 radical (unpaired) electrons. The minimum atomic E-state index is -0.261. The predicted octanol–water partition coefficient (Wildman–Crippen LogP) is 10.4. The Morgan fingerprint density at radius 1 is 0.483 bits per heavy atom. The van der Waals surface area contributed by atoms with Crippen LogP contribution in [0, 0.1) is 5.82 Å². The molecule has 0 saturated carbocycles. The molecule has 0 saturated heterocycles. The van der Waals surface area contributed by atoms with Crippen LogP contribution in [0.15, 0.2) is 183 Å². The summed E-state index contributed by atoms with van der Waals surface area (Å²) in [6.45, 7) is 1.24. The molecule has 2 atom stereocenters. The maximum atomic E-state index is 13.4. The van der Waals surface area contributed by atoms with E-state index in [1.165, 1.54) is 23.3 Å². The molecule has 10 heteroatoms. The lowest BCUT2D eigenvalue weighted by atomic mass is 9.97. The van der Waals surface area contributed by atoms with Gasteiger partial charge in [-0.25, -0.2) is 14.4 Å². The van der Waals surface area contributed by atoms with Crippen molar-refractivity contribution in [1.29, 1.82) is 0 Å². The van der Waals surface area contributed by atoms with E-state index in [0.29, 0.717) is 18.1 Å². The summed E-state index contributed by atoms with van der Waals surface area (Å²) in [4.78, 5) is 17.4. The highest BCUT2D eigenvalue weighted by Crippen LogP contribution is 2.35. The Hall–Kier alpha value is -6.78. The average Bonchev–Trinajstić information content (AvgIpc) is 3.29. The number of benzene rings is 4. The average molecular weight is 813 g/mol. The Bertz CT molecular complexity index is 2350. The number of hydrogen-bond donors (Lipinski definition) is 4. The van der Waals surface area contributed by atoms with Gasteiger partial charge in [-0.15, -0.1) is 0 Å². The van der Waals surface area contributed by atoms with Gasteiger partial charge < -0.3 is 22.1 Å². The third kappa shape index (κ3) is 11.7. The van der Waals surface area contributed by atoms with Crippen molar-refractivity contribution >= 4 is 23.2 Å². The van der Waals surface area contributed by atoms with Crippen molar-refractivity contribution in [2.45, 2.75) is 24.9 Å². The summed E-state index contributed by atoms with van der Waals surface area (Å²) in [5.41, 5.74) is 23.2. The SMILES string of the molecule is N[C@H](CNc1cc(-c2ccncc2)c(-c2ccc(Cl)cc2)cn1)Cc1ccccc1.N[C@H](CNc1cc(-c2ccncc2)c(-c2ccc(F)cc2)cn1)Cc1ccccc1. The van der Waals surface area contributed by atoms with E-state index in [4.69, 9.17) is 23.1 Å². The van der Waals surface area contributed by atoms with Crippen LogP contribution in [0.4, 0.5) is 16.0 Å². The Kier molecular flexibility index (Phi) is 14.3. The maximum Gasteiger partial charge on any atom is 0.126 e. The fraction of sp³-hybridized carbons (Fsp3) is 0.120. The van der Waals surface area contributed by atoms with E-state index < -0.39 is 0 Å². The van der Waals surface area contributed by atoms with Crippen LogP contribution in [0.5, 0.6) is 0 Å². The van der Waals surface area contributed by atoms with E-state index in [1.54, 1.807) is 36.9 Å². The van der Waals surface area contributed by atoms with E-state index in [0.717, 1.165) is 69.0 Å². The largest absolute Gasteiger partial charge is 0.368 e. The smallest absolute Gasteiger partial charge is 0.126 e. The van der Waals surface area contributed by atoms with Gasteiger partial charge in [0.1, 0.15) is 17.5 Å². The number of nitrogens with zero attached hydrogens (tertiary/aromatic N) is 4. The van der Waals surface area contributed by atoms with Crippen LogP contribution < -0.4 is 22.1 Å². The Labute approximate surface area is 355 Å². The zero-order valence-electron chi connectivity index (χ0n) is 33.0. The van der Waals surface area contributed by atoms with E-state index in [9.17, 15) is 4.39 Å². The first-order valence-electron chi connectivity index (χ1n) is 19.8. The van der Waals surface area contributed by atoms with Crippen LogP contribution in [0.25, 0.3) is 44.5 Å². The summed E-state index contributed by atoms with van der Waals surface area (Å²) in [5.74, 6) is 1.28. The fourth-order valence-corrected chi connectivity index (χ4v) is 6.94. The number of hydrogen-bond acceptors (Lipinski definition) is 8. The molecule has 4 heterocycles. The van der Waals surface area contributed by atoms with Crippen LogP contribution >= 0.6 is 11.6 Å². The Morgan fingerprint density at radius 3 is 1.28 bits per heavy atom. The van der Waals surface area contributed by atoms with Crippen molar-refractivity contribution in [2.75, 3.05) is 23.7 Å². The lowest BCUT2D eigenvalue weighted by molar-refractivity contribution is 0.628. The van der Waals surface area contributed by atoms with Gasteiger partial charge >= 0.3 is 0 Å². The van der Waals surface area contributed by atoms with Crippen molar-refractivity contribution in [3.05, 3.63) is 205 Å². The molecule has 4 aromatic carbocycles. The number of rotatable bonds is 14. The van der Waals surface area contributed by atoms with Gasteiger partial charge in [0.25, 0.3) is 0 Å². The first kappa shape index (κ1) is 41.4. The predicted molar refractivity (Wildman–Crippen MR) is 244 cm³/mol. The van der Waals surface area contributed by atoms with Gasteiger partial charge in [0.15, 0.2) is 0 Å². The summed E-state index contributed by atoms with van der Waals surface area (Å²) >= 11 is 6.06. The quantitative estimate of drug-likeness (QED) is 0.0855. The Morgan fingerprint density at radius 2 is 0.867 bits per heavy atom. The van der Waals surface area contributed by atoms with E-state index >= 15 is 0 Å². The van der Waals surface area contributed by atoms with Crippen molar-refractivity contribution < 1.29 is 4.39 Å². The second-order valence-corrected chi connectivity index (χ2v) is 14.8. The molecule has 60 heavy (non-hydrogen) atoms. The number of aromatic nitrogens is 4. The highest BCUT2D eigenvalue weighted by atomic mass is 35.5. The van der Waals surface area contributed by atoms with Crippen LogP contribution in [0.2, 0.25) is 5.02 Å². The molecule has 0 unspecified atom stereocenters. The molecule has 8 aromatic rings. The van der Waals surface area contributed by atoms with Gasteiger partial charge in [0.2, 0.25) is 0 Å². The van der Waals surface area contributed by atoms with Gasteiger partial charge in [-0.05, 0) is 118 Å². The monoisotopic (exact) mass is 812 g/mol. The first-order chi connectivity index (χ1) is 29.4. The molecular weight excluding hydrogens is 767 g/mol. The topological polar surface area (TPSA) is 128 Å². The van der Waals surface area contributed by atoms with Gasteiger partial charge in [-0.1, -0.05) is 96.5 Å². The molecule has 8 rings (SSSR count). The molecule has 6 N–H and O–H groups in total. The lowest BCUT2D eigenvalue weighted by Gasteiger charge is -2.16. The molecule has 0 aliphatic heterocycles. The van der Waals surface area contributed by atoms with E-state index in [-0.39, 0.29) is 17.9 Å². The van der Waals surface area contributed by atoms with E-state index in [2.05, 4.69) is 60.9 Å². The lowest BCUT2D eigenvalue weighted by Crippen LogP contribution is -2.31. The molecule has 0 amide bonds. The minimum absolute atomic E-state index is 0.00508. The number of nitrogens with two attached hydrogens (primary N) is 2. The summed E-state index contributed by atoms with van der Waals surface area (Å²) in [7, 11) is 0. The molecule has 4 aromatic heterocycles. The maximum absolute atomic E-state index is 13.4. The second-order valence-electron chi connectivity index (χ2n) is 14.4. The van der Waals surface area contributed by atoms with Crippen molar-refractivity contribution in [2.24, 2.45) is 11.5 Å². The number of pyridine rings is 4. The molecule has 0 spiro atoms. The highest BCUT2D eigenvalue weighted by molar-refractivity contribution is 6.30. The summed E-state index contributed by atoms with van der Waals surface area (Å²) in [6, 6.07) is 46.7. The Balaban J connectivity index is 0.000000181. The summed E-state index contributed by atoms with van der Waals surface area (Å²) in [5, 5.41) is 7.45.